The number of halogens is 5. The van der Waals surface area contributed by atoms with Crippen LogP contribution in [0.1, 0.15) is 36.0 Å². The SMILES string of the molecule is C[C@H](CC(=O)Cn1nc(-c2ccc(Cl)s2)n(Cc2ccccc2F)c1=O)c1cccc(C(F)(F)F)c1. The highest BCUT2D eigenvalue weighted by Gasteiger charge is 2.31. The Morgan fingerprint density at radius 2 is 1.86 bits per heavy atom. The van der Waals surface area contributed by atoms with Gasteiger partial charge >= 0.3 is 11.9 Å². The van der Waals surface area contributed by atoms with Gasteiger partial charge in [0.1, 0.15) is 12.4 Å². The molecule has 5 nitrogen and oxygen atoms in total. The summed E-state index contributed by atoms with van der Waals surface area (Å²) < 4.78 is 56.1. The number of benzene rings is 2. The molecule has 4 rings (SSSR count). The zero-order chi connectivity index (χ0) is 26.0. The van der Waals surface area contributed by atoms with Gasteiger partial charge in [-0.2, -0.15) is 13.2 Å². The maximum Gasteiger partial charge on any atom is 0.416 e. The topological polar surface area (TPSA) is 56.9 Å². The lowest BCUT2D eigenvalue weighted by Gasteiger charge is -2.14. The van der Waals surface area contributed by atoms with Crippen LogP contribution in [0.25, 0.3) is 10.7 Å². The fourth-order valence-electron chi connectivity index (χ4n) is 3.81. The molecule has 11 heteroatoms. The summed E-state index contributed by atoms with van der Waals surface area (Å²) in [6.07, 6.45) is -4.58. The molecular formula is C25H20ClF4N3O2S. The van der Waals surface area contributed by atoms with Crippen molar-refractivity contribution in [2.45, 2.75) is 38.5 Å². The Morgan fingerprint density at radius 1 is 1.11 bits per heavy atom. The van der Waals surface area contributed by atoms with E-state index in [-0.39, 0.29) is 36.7 Å². The molecule has 1 atom stereocenters. The Balaban J connectivity index is 1.59. The molecule has 0 saturated carbocycles. The molecule has 0 bridgehead atoms. The van der Waals surface area contributed by atoms with Gasteiger partial charge in [-0.15, -0.1) is 16.4 Å². The number of thiophene rings is 1. The lowest BCUT2D eigenvalue weighted by Crippen LogP contribution is -2.28. The van der Waals surface area contributed by atoms with Crippen molar-refractivity contribution < 1.29 is 22.4 Å². The van der Waals surface area contributed by atoms with Gasteiger partial charge in [0.15, 0.2) is 11.6 Å². The van der Waals surface area contributed by atoms with E-state index >= 15 is 0 Å². The van der Waals surface area contributed by atoms with Crippen molar-refractivity contribution in [1.29, 1.82) is 0 Å². The van der Waals surface area contributed by atoms with Crippen molar-refractivity contribution in [3.8, 4) is 10.7 Å². The molecule has 0 N–H and O–H groups in total. The molecule has 0 amide bonds. The number of hydrogen-bond donors (Lipinski definition) is 0. The number of Topliss-reactive ketones (excluding diaryl/α,β-unsaturated/α-hetero) is 1. The standard InChI is InChI=1S/C25H20ClF4N3O2S/c1-15(16-6-4-7-18(12-16)25(28,29)30)11-19(34)14-33-24(35)32(13-17-5-2-3-8-20(17)27)23(31-33)21-9-10-22(26)36-21/h2-10,12,15H,11,13-14H2,1H3/t15-/m1/s1. The third-order valence-corrected chi connectivity index (χ3v) is 6.87. The van der Waals surface area contributed by atoms with Crippen LogP contribution in [0.3, 0.4) is 0 Å². The molecule has 0 aliphatic rings. The van der Waals surface area contributed by atoms with E-state index in [1.807, 2.05) is 0 Å². The monoisotopic (exact) mass is 537 g/mol. The molecule has 0 saturated heterocycles. The molecule has 0 spiro atoms. The lowest BCUT2D eigenvalue weighted by atomic mass is 9.94. The number of ketones is 1. The van der Waals surface area contributed by atoms with Crippen molar-refractivity contribution in [3.05, 3.63) is 98.0 Å². The van der Waals surface area contributed by atoms with Crippen molar-refractivity contribution in [1.82, 2.24) is 14.3 Å². The van der Waals surface area contributed by atoms with Gasteiger partial charge in [0.2, 0.25) is 0 Å². The van der Waals surface area contributed by atoms with Gasteiger partial charge in [0.25, 0.3) is 0 Å². The summed E-state index contributed by atoms with van der Waals surface area (Å²) in [5, 5.41) is 4.31. The van der Waals surface area contributed by atoms with E-state index < -0.39 is 29.2 Å². The first kappa shape index (κ1) is 25.8. The Labute approximate surface area is 212 Å². The molecule has 4 aromatic rings. The molecule has 0 unspecified atom stereocenters. The highest BCUT2D eigenvalue weighted by atomic mass is 35.5. The minimum absolute atomic E-state index is 0.0892. The summed E-state index contributed by atoms with van der Waals surface area (Å²) >= 11 is 7.23. The van der Waals surface area contributed by atoms with Crippen LogP contribution in [-0.2, 0) is 24.1 Å². The van der Waals surface area contributed by atoms with Gasteiger partial charge in [-0.05, 0) is 35.7 Å². The quantitative estimate of drug-likeness (QED) is 0.245. The summed E-state index contributed by atoms with van der Waals surface area (Å²) in [6.45, 7) is 1.16. The number of nitrogens with zero attached hydrogens (tertiary/aromatic N) is 3. The number of carbonyl (C=O) groups excluding carboxylic acids is 1. The second-order valence-corrected chi connectivity index (χ2v) is 10.0. The fourth-order valence-corrected chi connectivity index (χ4v) is 4.85. The van der Waals surface area contributed by atoms with E-state index in [1.54, 1.807) is 31.2 Å². The van der Waals surface area contributed by atoms with E-state index in [4.69, 9.17) is 11.6 Å². The van der Waals surface area contributed by atoms with Crippen LogP contribution in [0.15, 0.2) is 65.5 Å². The summed E-state index contributed by atoms with van der Waals surface area (Å²) in [7, 11) is 0. The summed E-state index contributed by atoms with van der Waals surface area (Å²) in [6, 6.07) is 14.1. The lowest BCUT2D eigenvalue weighted by molar-refractivity contribution is -0.137. The minimum atomic E-state index is -4.49. The van der Waals surface area contributed by atoms with E-state index in [0.29, 0.717) is 14.8 Å². The zero-order valence-electron chi connectivity index (χ0n) is 18.9. The number of rotatable bonds is 8. The summed E-state index contributed by atoms with van der Waals surface area (Å²) in [4.78, 5) is 26.5. The van der Waals surface area contributed by atoms with E-state index in [1.165, 1.54) is 40.2 Å². The average molecular weight is 538 g/mol. The smallest absolute Gasteiger partial charge is 0.298 e. The number of hydrogen-bond acceptors (Lipinski definition) is 4. The van der Waals surface area contributed by atoms with Crippen molar-refractivity contribution in [2.24, 2.45) is 0 Å². The van der Waals surface area contributed by atoms with E-state index in [0.717, 1.165) is 16.8 Å². The van der Waals surface area contributed by atoms with Crippen molar-refractivity contribution >= 4 is 28.7 Å². The predicted molar refractivity (Wildman–Crippen MR) is 130 cm³/mol. The van der Waals surface area contributed by atoms with Gasteiger partial charge < -0.3 is 0 Å². The van der Waals surface area contributed by atoms with Gasteiger partial charge in [-0.25, -0.2) is 13.9 Å². The van der Waals surface area contributed by atoms with Crippen LogP contribution in [-0.4, -0.2) is 20.1 Å². The van der Waals surface area contributed by atoms with Gasteiger partial charge in [-0.3, -0.25) is 9.36 Å². The Kier molecular flexibility index (Phi) is 7.46. The van der Waals surface area contributed by atoms with Crippen LogP contribution in [0.4, 0.5) is 17.6 Å². The second-order valence-electron chi connectivity index (χ2n) is 8.31. The molecule has 0 aliphatic heterocycles. The Bertz CT molecular complexity index is 1460. The Morgan fingerprint density at radius 3 is 2.53 bits per heavy atom. The molecule has 2 aromatic carbocycles. The highest BCUT2D eigenvalue weighted by Crippen LogP contribution is 2.32. The fraction of sp³-hybridized carbons (Fsp3) is 0.240. The molecule has 188 valence electrons. The molecule has 0 radical (unpaired) electrons. The maximum absolute atomic E-state index is 14.3. The van der Waals surface area contributed by atoms with Gasteiger partial charge in [0.05, 0.1) is 21.3 Å². The normalized spacial score (nSPS) is 12.6. The van der Waals surface area contributed by atoms with Crippen LogP contribution in [0.2, 0.25) is 4.34 Å². The molecule has 0 fully saturated rings. The highest BCUT2D eigenvalue weighted by molar-refractivity contribution is 7.19. The zero-order valence-corrected chi connectivity index (χ0v) is 20.5. The summed E-state index contributed by atoms with van der Waals surface area (Å²) in [5.41, 5.74) is -0.767. The number of aromatic nitrogens is 3. The largest absolute Gasteiger partial charge is 0.416 e. The van der Waals surface area contributed by atoms with Crippen LogP contribution < -0.4 is 5.69 Å². The van der Waals surface area contributed by atoms with Crippen molar-refractivity contribution in [2.75, 3.05) is 0 Å². The first-order chi connectivity index (χ1) is 17.0. The first-order valence-corrected chi connectivity index (χ1v) is 12.1. The Hall–Kier alpha value is -3.24. The molecule has 0 aliphatic carbocycles. The van der Waals surface area contributed by atoms with E-state index in [2.05, 4.69) is 5.10 Å². The average Bonchev–Trinajstić information content (AvgIpc) is 3.38. The van der Waals surface area contributed by atoms with Crippen LogP contribution >= 0.6 is 22.9 Å². The molecule has 36 heavy (non-hydrogen) atoms. The van der Waals surface area contributed by atoms with E-state index in [9.17, 15) is 27.2 Å². The maximum atomic E-state index is 14.3. The van der Waals surface area contributed by atoms with Crippen LogP contribution in [0.5, 0.6) is 0 Å². The first-order valence-electron chi connectivity index (χ1n) is 10.9. The molecule has 2 aromatic heterocycles. The predicted octanol–water partition coefficient (Wildman–Crippen LogP) is 6.40. The third kappa shape index (κ3) is 5.76. The minimum Gasteiger partial charge on any atom is -0.298 e. The number of carbonyl (C=O) groups is 1. The second kappa shape index (κ2) is 10.4. The number of alkyl halides is 3. The summed E-state index contributed by atoms with van der Waals surface area (Å²) in [5.74, 6) is -1.14. The van der Waals surface area contributed by atoms with Gasteiger partial charge in [-0.1, -0.05) is 54.9 Å². The van der Waals surface area contributed by atoms with Crippen molar-refractivity contribution in [3.63, 3.8) is 0 Å². The third-order valence-electron chi connectivity index (χ3n) is 5.65. The van der Waals surface area contributed by atoms with Gasteiger partial charge in [0, 0.05) is 12.0 Å². The molecular weight excluding hydrogens is 518 g/mol. The van der Waals surface area contributed by atoms with Crippen LogP contribution in [0, 0.1) is 5.82 Å². The molecule has 2 heterocycles.